The monoisotopic (exact) mass is 500 g/mol. The second-order valence-corrected chi connectivity index (χ2v) is 9.96. The predicted molar refractivity (Wildman–Crippen MR) is 111 cm³/mol. The fraction of sp³-hybridized carbons (Fsp3) is 0.550. The van der Waals surface area contributed by atoms with Crippen LogP contribution in [-0.2, 0) is 25.7 Å². The van der Waals surface area contributed by atoms with Crippen molar-refractivity contribution in [3.05, 3.63) is 35.9 Å². The summed E-state index contributed by atoms with van der Waals surface area (Å²) in [6.45, 7) is 5.33. The molecule has 1 saturated heterocycles. The lowest BCUT2D eigenvalue weighted by Gasteiger charge is -2.35. The average Bonchev–Trinajstić information content (AvgIpc) is 2.85. The van der Waals surface area contributed by atoms with Crippen molar-refractivity contribution in [2.45, 2.75) is 61.3 Å². The third-order valence-corrected chi connectivity index (χ3v) is 6.43. The lowest BCUT2D eigenvalue weighted by atomic mass is 9.74. The first-order valence-electron chi connectivity index (χ1n) is 9.23. The minimum atomic E-state index is -1.45. The van der Waals surface area contributed by atoms with Crippen molar-refractivity contribution < 1.29 is 23.9 Å². The number of imide groups is 1. The van der Waals surface area contributed by atoms with Crippen LogP contribution in [0.25, 0.3) is 0 Å². The Morgan fingerprint density at radius 1 is 1.29 bits per heavy atom. The molecule has 2 aliphatic rings. The molecule has 2 fully saturated rings. The van der Waals surface area contributed by atoms with E-state index in [1.165, 1.54) is 0 Å². The molecule has 28 heavy (non-hydrogen) atoms. The number of nitrogens with zero attached hydrogens (tertiary/aromatic N) is 1. The Balaban J connectivity index is 1.76. The number of fused-ring (bicyclic) bond motifs is 2. The predicted octanol–water partition coefficient (Wildman–Crippen LogP) is 2.79. The van der Waals surface area contributed by atoms with Gasteiger partial charge in [0.25, 0.3) is 5.91 Å². The highest BCUT2D eigenvalue weighted by Crippen LogP contribution is 2.46. The largest absolute Gasteiger partial charge is 0.461 e. The van der Waals surface area contributed by atoms with E-state index in [0.717, 1.165) is 10.5 Å². The van der Waals surface area contributed by atoms with Crippen LogP contribution in [0.3, 0.4) is 0 Å². The van der Waals surface area contributed by atoms with Crippen molar-refractivity contribution in [2.24, 2.45) is 11.7 Å². The highest BCUT2D eigenvalue weighted by molar-refractivity contribution is 14.1. The molecule has 1 aliphatic carbocycles. The van der Waals surface area contributed by atoms with Crippen LogP contribution < -0.4 is 5.73 Å². The highest BCUT2D eigenvalue weighted by atomic mass is 127. The van der Waals surface area contributed by atoms with Gasteiger partial charge in [-0.25, -0.2) is 9.69 Å². The normalized spacial score (nSPS) is 29.5. The smallest absolute Gasteiger partial charge is 0.417 e. The first-order valence-corrected chi connectivity index (χ1v) is 10.5. The van der Waals surface area contributed by atoms with Gasteiger partial charge < -0.3 is 15.2 Å². The van der Waals surface area contributed by atoms with E-state index in [0.29, 0.717) is 6.42 Å². The number of rotatable bonds is 3. The molecular weight excluding hydrogens is 475 g/mol. The molecule has 0 aromatic heterocycles. The number of carbonyl (C=O) groups is 3. The molecule has 2 bridgehead atoms. The molecular formula is C20H25IN2O5. The van der Waals surface area contributed by atoms with Crippen molar-refractivity contribution >= 4 is 40.6 Å². The standard InChI is InChI=1S/C20H25IN2O5/c1-19(2,3)28-18(26)23-15-10-20(22,17(23)25)13(9-14(15)21)16(24)27-11-12-7-5-4-6-8-12/h4-8,13-15H,9-11,22H2,1-3H3/t13-,14+,15-,20-/m1/s1. The third-order valence-electron chi connectivity index (χ3n) is 5.09. The van der Waals surface area contributed by atoms with Gasteiger partial charge in [0.05, 0.1) is 12.0 Å². The Hall–Kier alpha value is -1.68. The Morgan fingerprint density at radius 3 is 2.54 bits per heavy atom. The average molecular weight is 500 g/mol. The van der Waals surface area contributed by atoms with Gasteiger partial charge in [-0.1, -0.05) is 52.9 Å². The van der Waals surface area contributed by atoms with Gasteiger partial charge in [-0.15, -0.1) is 0 Å². The van der Waals surface area contributed by atoms with Gasteiger partial charge in [-0.05, 0) is 39.2 Å². The molecule has 0 radical (unpaired) electrons. The summed E-state index contributed by atoms with van der Waals surface area (Å²) < 4.78 is 10.7. The summed E-state index contributed by atoms with van der Waals surface area (Å²) in [5, 5.41) is 0. The van der Waals surface area contributed by atoms with Gasteiger partial charge in [-0.3, -0.25) is 9.59 Å². The van der Waals surface area contributed by atoms with Gasteiger partial charge in [0, 0.05) is 3.92 Å². The number of ether oxygens (including phenoxy) is 2. The molecule has 3 rings (SSSR count). The molecule has 1 aliphatic heterocycles. The van der Waals surface area contributed by atoms with Crippen molar-refractivity contribution in [1.29, 1.82) is 0 Å². The van der Waals surface area contributed by atoms with E-state index in [4.69, 9.17) is 15.2 Å². The molecule has 1 aromatic carbocycles. The number of alkyl halides is 1. The number of halogens is 1. The lowest BCUT2D eigenvalue weighted by molar-refractivity contribution is -0.155. The van der Waals surface area contributed by atoms with Gasteiger partial charge in [-0.2, -0.15) is 0 Å². The molecule has 2 amide bonds. The van der Waals surface area contributed by atoms with Gasteiger partial charge in [0.1, 0.15) is 17.7 Å². The van der Waals surface area contributed by atoms with Crippen LogP contribution in [-0.4, -0.2) is 44.0 Å². The number of hydrogen-bond acceptors (Lipinski definition) is 6. The minimum absolute atomic E-state index is 0.109. The van der Waals surface area contributed by atoms with E-state index in [2.05, 4.69) is 22.6 Å². The van der Waals surface area contributed by atoms with E-state index in [-0.39, 0.29) is 23.0 Å². The molecule has 152 valence electrons. The molecule has 2 N–H and O–H groups in total. The number of benzene rings is 1. The number of amides is 2. The molecule has 0 spiro atoms. The fourth-order valence-corrected chi connectivity index (χ4v) is 4.82. The molecule has 1 saturated carbocycles. The quantitative estimate of drug-likeness (QED) is 0.390. The topological polar surface area (TPSA) is 98.9 Å². The van der Waals surface area contributed by atoms with Crippen LogP contribution in [0.15, 0.2) is 30.3 Å². The van der Waals surface area contributed by atoms with E-state index in [1.807, 2.05) is 30.3 Å². The summed E-state index contributed by atoms with van der Waals surface area (Å²) in [5.41, 5.74) is 5.09. The minimum Gasteiger partial charge on any atom is -0.461 e. The summed E-state index contributed by atoms with van der Waals surface area (Å²) in [4.78, 5) is 39.5. The van der Waals surface area contributed by atoms with Crippen LogP contribution in [0.5, 0.6) is 0 Å². The van der Waals surface area contributed by atoms with Gasteiger partial charge in [0.2, 0.25) is 0 Å². The third kappa shape index (κ3) is 4.03. The van der Waals surface area contributed by atoms with E-state index < -0.39 is 35.0 Å². The Morgan fingerprint density at radius 2 is 1.93 bits per heavy atom. The summed E-state index contributed by atoms with van der Waals surface area (Å²) in [7, 11) is 0. The second-order valence-electron chi connectivity index (χ2n) is 8.36. The zero-order valence-electron chi connectivity index (χ0n) is 16.2. The number of esters is 1. The fourth-order valence-electron chi connectivity index (χ4n) is 3.74. The molecule has 4 atom stereocenters. The Bertz CT molecular complexity index is 779. The number of likely N-dealkylation sites (tertiary alicyclic amines) is 1. The lowest BCUT2D eigenvalue weighted by Crippen LogP contribution is -2.57. The zero-order valence-corrected chi connectivity index (χ0v) is 18.3. The van der Waals surface area contributed by atoms with Crippen LogP contribution in [0.2, 0.25) is 0 Å². The number of nitrogens with two attached hydrogens (primary N) is 1. The van der Waals surface area contributed by atoms with Crippen LogP contribution in [0, 0.1) is 5.92 Å². The van der Waals surface area contributed by atoms with E-state index in [9.17, 15) is 14.4 Å². The Labute approximate surface area is 178 Å². The maximum atomic E-state index is 13.1. The van der Waals surface area contributed by atoms with Crippen molar-refractivity contribution in [3.8, 4) is 0 Å². The summed E-state index contributed by atoms with van der Waals surface area (Å²) in [6, 6.07) is 8.93. The summed E-state index contributed by atoms with van der Waals surface area (Å²) in [5.74, 6) is -1.87. The van der Waals surface area contributed by atoms with Gasteiger partial charge >= 0.3 is 12.1 Å². The van der Waals surface area contributed by atoms with Crippen molar-refractivity contribution in [2.75, 3.05) is 0 Å². The van der Waals surface area contributed by atoms with Crippen molar-refractivity contribution in [1.82, 2.24) is 4.90 Å². The molecule has 1 aromatic rings. The van der Waals surface area contributed by atoms with Gasteiger partial charge in [0.15, 0.2) is 0 Å². The number of carbonyl (C=O) groups excluding carboxylic acids is 3. The first kappa shape index (κ1) is 21.0. The molecule has 1 heterocycles. The SMILES string of the molecule is CC(C)(C)OC(=O)N1C(=O)[C@@]2(N)C[C@@H]1[C@@H](I)C[C@@H]2C(=O)OCc1ccccc1. The molecule has 0 unspecified atom stereocenters. The van der Waals surface area contributed by atoms with Crippen LogP contribution >= 0.6 is 22.6 Å². The summed E-state index contributed by atoms with van der Waals surface area (Å²) >= 11 is 2.17. The zero-order chi connectivity index (χ0) is 20.7. The first-order chi connectivity index (χ1) is 13.0. The summed E-state index contributed by atoms with van der Waals surface area (Å²) in [6.07, 6.45) is -0.112. The molecule has 7 nitrogen and oxygen atoms in total. The maximum Gasteiger partial charge on any atom is 0.417 e. The van der Waals surface area contributed by atoms with E-state index in [1.54, 1.807) is 20.8 Å². The molecule has 8 heteroatoms. The van der Waals surface area contributed by atoms with Crippen molar-refractivity contribution in [3.63, 3.8) is 0 Å². The number of hydrogen-bond donors (Lipinski definition) is 1. The van der Waals surface area contributed by atoms with E-state index >= 15 is 0 Å². The Kier molecular flexibility index (Phi) is 5.73. The highest BCUT2D eigenvalue weighted by Gasteiger charge is 2.63. The maximum absolute atomic E-state index is 13.1. The van der Waals surface area contributed by atoms with Crippen LogP contribution in [0.1, 0.15) is 39.2 Å². The second kappa shape index (κ2) is 7.62. The van der Waals surface area contributed by atoms with Crippen LogP contribution in [0.4, 0.5) is 4.79 Å².